The maximum absolute atomic E-state index is 12.4. The molecule has 3 rings (SSSR count). The third kappa shape index (κ3) is 5.97. The summed E-state index contributed by atoms with van der Waals surface area (Å²) in [4.78, 5) is 12.3. The normalized spacial score (nSPS) is 16.4. The van der Waals surface area contributed by atoms with Crippen molar-refractivity contribution in [1.29, 1.82) is 0 Å². The molecule has 2 aromatic carbocycles. The summed E-state index contributed by atoms with van der Waals surface area (Å²) in [6.07, 6.45) is 1.72. The van der Waals surface area contributed by atoms with Crippen LogP contribution in [0.2, 0.25) is 5.02 Å². The van der Waals surface area contributed by atoms with E-state index in [1.807, 2.05) is 0 Å². The molecule has 2 aromatic rings. The van der Waals surface area contributed by atoms with Gasteiger partial charge in [0.1, 0.15) is 0 Å². The fraction of sp³-hybridized carbons (Fsp3) is 0.263. The third-order valence-electron chi connectivity index (χ3n) is 4.29. The molecule has 0 aliphatic carbocycles. The van der Waals surface area contributed by atoms with Crippen LogP contribution in [0.1, 0.15) is 23.2 Å². The Morgan fingerprint density at radius 3 is 2.55 bits per heavy atom. The summed E-state index contributed by atoms with van der Waals surface area (Å²) in [5.41, 5.74) is 0.838. The molecule has 0 radical (unpaired) electrons. The van der Waals surface area contributed by atoms with Gasteiger partial charge in [-0.05, 0) is 61.5 Å². The zero-order valence-corrected chi connectivity index (χ0v) is 17.7. The van der Waals surface area contributed by atoms with Crippen LogP contribution < -0.4 is 15.4 Å². The van der Waals surface area contributed by atoms with E-state index in [1.54, 1.807) is 36.4 Å². The van der Waals surface area contributed by atoms with Gasteiger partial charge in [0, 0.05) is 18.8 Å². The lowest BCUT2D eigenvalue weighted by atomic mass is 10.2. The van der Waals surface area contributed by atoms with Crippen molar-refractivity contribution < 1.29 is 17.9 Å². The molecule has 1 aliphatic heterocycles. The first kappa shape index (κ1) is 21.7. The number of sulfonamides is 1. The van der Waals surface area contributed by atoms with E-state index in [-0.39, 0.29) is 22.7 Å². The molecule has 0 bridgehead atoms. The van der Waals surface area contributed by atoms with Crippen LogP contribution in [0, 0.1) is 0 Å². The van der Waals surface area contributed by atoms with Crippen LogP contribution in [0.5, 0.6) is 0 Å². The summed E-state index contributed by atoms with van der Waals surface area (Å²) in [6.45, 7) is 0.917. The highest BCUT2D eigenvalue weighted by atomic mass is 35.5. The fourth-order valence-corrected chi connectivity index (χ4v) is 4.29. The number of hydrogen-bond donors (Lipinski definition) is 3. The highest BCUT2D eigenvalue weighted by Gasteiger charge is 2.20. The zero-order valence-electron chi connectivity index (χ0n) is 15.4. The molecule has 1 fully saturated rings. The number of rotatable bonds is 6. The van der Waals surface area contributed by atoms with Crippen molar-refractivity contribution in [1.82, 2.24) is 10.0 Å². The number of halogens is 1. The maximum atomic E-state index is 12.4. The van der Waals surface area contributed by atoms with Crippen molar-refractivity contribution in [2.75, 3.05) is 18.5 Å². The van der Waals surface area contributed by atoms with Crippen LogP contribution in [0.4, 0.5) is 5.69 Å². The number of carbonyl (C=O) groups is 1. The van der Waals surface area contributed by atoms with Gasteiger partial charge >= 0.3 is 0 Å². The predicted molar refractivity (Wildman–Crippen MR) is 116 cm³/mol. The molecule has 1 unspecified atom stereocenters. The minimum absolute atomic E-state index is 0.0713. The number of thiocarbonyl (C=S) groups is 1. The lowest BCUT2D eigenvalue weighted by molar-refractivity contribution is 0.0978. The Bertz CT molecular complexity index is 991. The second-order valence-electron chi connectivity index (χ2n) is 6.40. The van der Waals surface area contributed by atoms with E-state index in [4.69, 9.17) is 28.6 Å². The molecule has 154 valence electrons. The molecule has 0 aromatic heterocycles. The van der Waals surface area contributed by atoms with Crippen molar-refractivity contribution in [3.05, 3.63) is 59.1 Å². The van der Waals surface area contributed by atoms with Crippen molar-refractivity contribution in [2.45, 2.75) is 23.8 Å². The predicted octanol–water partition coefficient (Wildman–Crippen LogP) is 2.92. The first-order valence-corrected chi connectivity index (χ1v) is 11.2. The van der Waals surface area contributed by atoms with Gasteiger partial charge in [0.2, 0.25) is 10.0 Å². The van der Waals surface area contributed by atoms with Gasteiger partial charge < -0.3 is 10.1 Å². The number of nitrogens with one attached hydrogen (secondary N) is 3. The SMILES string of the molecule is O=C(NC(=S)Nc1ccc(S(=O)(=O)NCC2CCCO2)cc1)c1ccccc1Cl. The molecule has 1 saturated heterocycles. The van der Waals surface area contributed by atoms with Crippen LogP contribution in [0.3, 0.4) is 0 Å². The van der Waals surface area contributed by atoms with Gasteiger partial charge in [-0.15, -0.1) is 0 Å². The lowest BCUT2D eigenvalue weighted by Gasteiger charge is -2.13. The lowest BCUT2D eigenvalue weighted by Crippen LogP contribution is -2.34. The maximum Gasteiger partial charge on any atom is 0.258 e. The standard InChI is InChI=1S/C19H20ClN3O4S2/c20-17-6-2-1-5-16(17)18(24)23-19(28)22-13-7-9-15(10-8-13)29(25,26)21-12-14-4-3-11-27-14/h1-2,5-10,14,21H,3-4,11-12H2,(H2,22,23,24,28). The molecule has 1 heterocycles. The Morgan fingerprint density at radius 1 is 1.17 bits per heavy atom. The molecule has 1 amide bonds. The average Bonchev–Trinajstić information content (AvgIpc) is 3.21. The van der Waals surface area contributed by atoms with E-state index in [0.717, 1.165) is 12.8 Å². The topological polar surface area (TPSA) is 96.5 Å². The Morgan fingerprint density at radius 2 is 1.90 bits per heavy atom. The average molecular weight is 454 g/mol. The number of amides is 1. The third-order valence-corrected chi connectivity index (χ3v) is 6.27. The summed E-state index contributed by atoms with van der Waals surface area (Å²) < 4.78 is 32.7. The van der Waals surface area contributed by atoms with E-state index in [2.05, 4.69) is 15.4 Å². The van der Waals surface area contributed by atoms with Crippen molar-refractivity contribution >= 4 is 50.5 Å². The van der Waals surface area contributed by atoms with Gasteiger partial charge in [-0.3, -0.25) is 10.1 Å². The Kier molecular flexibility index (Phi) is 7.20. The van der Waals surface area contributed by atoms with Gasteiger partial charge in [-0.1, -0.05) is 23.7 Å². The summed E-state index contributed by atoms with van der Waals surface area (Å²) in [5, 5.41) is 5.76. The number of ether oxygens (including phenoxy) is 1. The monoisotopic (exact) mass is 453 g/mol. The van der Waals surface area contributed by atoms with E-state index in [1.165, 1.54) is 12.1 Å². The van der Waals surface area contributed by atoms with E-state index in [9.17, 15) is 13.2 Å². The molecule has 10 heteroatoms. The van der Waals surface area contributed by atoms with Crippen LogP contribution >= 0.6 is 23.8 Å². The van der Waals surface area contributed by atoms with Gasteiger partial charge in [0.05, 0.1) is 21.6 Å². The highest BCUT2D eigenvalue weighted by Crippen LogP contribution is 2.17. The van der Waals surface area contributed by atoms with Crippen LogP contribution in [-0.2, 0) is 14.8 Å². The number of carbonyl (C=O) groups excluding carboxylic acids is 1. The molecule has 0 saturated carbocycles. The van der Waals surface area contributed by atoms with Gasteiger partial charge in [-0.25, -0.2) is 13.1 Å². The summed E-state index contributed by atoms with van der Waals surface area (Å²) in [5.74, 6) is -0.439. The Hall–Kier alpha value is -2.04. The number of anilines is 1. The zero-order chi connectivity index (χ0) is 20.9. The summed E-state index contributed by atoms with van der Waals surface area (Å²) in [6, 6.07) is 12.7. The fourth-order valence-electron chi connectivity index (χ4n) is 2.79. The number of benzene rings is 2. The van der Waals surface area contributed by atoms with Crippen LogP contribution in [0.25, 0.3) is 0 Å². The van der Waals surface area contributed by atoms with Gasteiger partial charge in [-0.2, -0.15) is 0 Å². The van der Waals surface area contributed by atoms with E-state index in [0.29, 0.717) is 22.9 Å². The Balaban J connectivity index is 1.56. The van der Waals surface area contributed by atoms with E-state index < -0.39 is 15.9 Å². The first-order valence-electron chi connectivity index (χ1n) is 8.93. The van der Waals surface area contributed by atoms with Crippen molar-refractivity contribution in [2.24, 2.45) is 0 Å². The molecule has 1 atom stereocenters. The molecule has 7 nitrogen and oxygen atoms in total. The molecule has 3 N–H and O–H groups in total. The first-order chi connectivity index (χ1) is 13.8. The smallest absolute Gasteiger partial charge is 0.258 e. The van der Waals surface area contributed by atoms with Gasteiger partial charge in [0.25, 0.3) is 5.91 Å². The summed E-state index contributed by atoms with van der Waals surface area (Å²) >= 11 is 11.1. The Labute approximate surface area is 179 Å². The second-order valence-corrected chi connectivity index (χ2v) is 8.98. The molecule has 29 heavy (non-hydrogen) atoms. The molecular weight excluding hydrogens is 434 g/mol. The minimum Gasteiger partial charge on any atom is -0.377 e. The van der Waals surface area contributed by atoms with E-state index >= 15 is 0 Å². The largest absolute Gasteiger partial charge is 0.377 e. The minimum atomic E-state index is -3.63. The van der Waals surface area contributed by atoms with Crippen molar-refractivity contribution in [3.8, 4) is 0 Å². The highest BCUT2D eigenvalue weighted by molar-refractivity contribution is 7.89. The van der Waals surface area contributed by atoms with Crippen molar-refractivity contribution in [3.63, 3.8) is 0 Å². The molecular formula is C19H20ClN3O4S2. The molecule has 1 aliphatic rings. The van der Waals surface area contributed by atoms with Gasteiger partial charge in [0.15, 0.2) is 5.11 Å². The van der Waals surface area contributed by atoms with Crippen LogP contribution in [-0.4, -0.2) is 38.7 Å². The second kappa shape index (κ2) is 9.64. The number of hydrogen-bond acceptors (Lipinski definition) is 5. The quantitative estimate of drug-likeness (QED) is 0.582. The summed E-state index contributed by atoms with van der Waals surface area (Å²) in [7, 11) is -3.63. The molecule has 0 spiro atoms. The van der Waals surface area contributed by atoms with Crippen LogP contribution in [0.15, 0.2) is 53.4 Å².